The Labute approximate surface area is 151 Å². The third-order valence-electron chi connectivity index (χ3n) is 9.20. The van der Waals surface area contributed by atoms with Crippen molar-refractivity contribution in [2.75, 3.05) is 6.61 Å². The van der Waals surface area contributed by atoms with E-state index in [1.54, 1.807) is 0 Å². The summed E-state index contributed by atoms with van der Waals surface area (Å²) >= 11 is 0. The Hall–Kier alpha value is -0.450. The summed E-state index contributed by atoms with van der Waals surface area (Å²) in [5.41, 5.74) is 0.125. The Morgan fingerprint density at radius 3 is 2.32 bits per heavy atom. The Morgan fingerprint density at radius 2 is 1.60 bits per heavy atom. The molecule has 4 fully saturated rings. The molecule has 0 heterocycles. The first-order chi connectivity index (χ1) is 11.8. The number of aliphatic hydroxyl groups is 3. The molecule has 4 heteroatoms. The van der Waals surface area contributed by atoms with Crippen LogP contribution in [0.1, 0.15) is 65.2 Å². The monoisotopic (exact) mass is 350 g/mol. The summed E-state index contributed by atoms with van der Waals surface area (Å²) in [5.74, 6) is 1.82. The van der Waals surface area contributed by atoms with Gasteiger partial charge in [0.1, 0.15) is 6.61 Å². The van der Waals surface area contributed by atoms with Crippen molar-refractivity contribution in [1.29, 1.82) is 0 Å². The lowest BCUT2D eigenvalue weighted by atomic mass is 9.44. The number of carbonyl (C=O) groups is 1. The maximum atomic E-state index is 12.3. The Morgan fingerprint density at radius 1 is 0.920 bits per heavy atom. The van der Waals surface area contributed by atoms with Crippen molar-refractivity contribution in [1.82, 2.24) is 0 Å². The summed E-state index contributed by atoms with van der Waals surface area (Å²) in [7, 11) is 0. The molecule has 25 heavy (non-hydrogen) atoms. The molecule has 0 radical (unpaired) electrons. The SMILES string of the molecule is C[C@]12CC[C@@H](O)C[C@@H]1[C@@H](O)C[C@@H]1[C@@H]2CC[C@]2(C)[C@@H](C(=O)CO)CC[C@@H]12. The maximum Gasteiger partial charge on any atom is 0.161 e. The molecule has 3 N–H and O–H groups in total. The molecule has 4 rings (SSSR count). The number of hydrogen-bond donors (Lipinski definition) is 3. The fourth-order valence-electron chi connectivity index (χ4n) is 7.92. The Balaban J connectivity index is 1.63. The van der Waals surface area contributed by atoms with Crippen molar-refractivity contribution in [2.45, 2.75) is 77.4 Å². The second kappa shape index (κ2) is 6.03. The van der Waals surface area contributed by atoms with E-state index in [9.17, 15) is 20.1 Å². The van der Waals surface area contributed by atoms with E-state index in [-0.39, 0.29) is 47.3 Å². The quantitative estimate of drug-likeness (QED) is 0.715. The first-order valence-electron chi connectivity index (χ1n) is 10.3. The van der Waals surface area contributed by atoms with Gasteiger partial charge in [-0.1, -0.05) is 13.8 Å². The summed E-state index contributed by atoms with van der Waals surface area (Å²) in [6.07, 6.45) is 7.02. The van der Waals surface area contributed by atoms with Crippen molar-refractivity contribution in [3.8, 4) is 0 Å². The number of rotatable bonds is 2. The summed E-state index contributed by atoms with van der Waals surface area (Å²) in [6.45, 7) is 4.30. The molecule has 9 atom stereocenters. The molecular weight excluding hydrogens is 316 g/mol. The minimum atomic E-state index is -0.332. The molecule has 0 saturated heterocycles. The van der Waals surface area contributed by atoms with Crippen LogP contribution in [0.25, 0.3) is 0 Å². The first kappa shape index (κ1) is 17.9. The van der Waals surface area contributed by atoms with Gasteiger partial charge in [0.2, 0.25) is 0 Å². The highest BCUT2D eigenvalue weighted by molar-refractivity contribution is 5.83. The zero-order valence-electron chi connectivity index (χ0n) is 15.7. The molecule has 0 unspecified atom stereocenters. The number of carbonyl (C=O) groups excluding carboxylic acids is 1. The van der Waals surface area contributed by atoms with Crippen LogP contribution in [0.2, 0.25) is 0 Å². The topological polar surface area (TPSA) is 77.8 Å². The predicted molar refractivity (Wildman–Crippen MR) is 94.7 cm³/mol. The van der Waals surface area contributed by atoms with Gasteiger partial charge >= 0.3 is 0 Å². The second-order valence-electron chi connectivity index (χ2n) is 10.0. The Kier molecular flexibility index (Phi) is 4.33. The molecule has 0 aliphatic heterocycles. The summed E-state index contributed by atoms with van der Waals surface area (Å²) in [6, 6.07) is 0. The third-order valence-corrected chi connectivity index (χ3v) is 9.20. The molecule has 0 bridgehead atoms. The normalized spacial score (nSPS) is 55.2. The molecule has 0 aromatic rings. The van der Waals surface area contributed by atoms with E-state index in [0.717, 1.165) is 51.4 Å². The Bertz CT molecular complexity index is 548. The molecular formula is C21H34O4. The van der Waals surface area contributed by atoms with Crippen LogP contribution in [0.3, 0.4) is 0 Å². The minimum Gasteiger partial charge on any atom is -0.393 e. The van der Waals surface area contributed by atoms with Crippen molar-refractivity contribution >= 4 is 5.78 Å². The fourth-order valence-corrected chi connectivity index (χ4v) is 7.92. The van der Waals surface area contributed by atoms with Crippen LogP contribution in [-0.2, 0) is 4.79 Å². The molecule has 0 spiro atoms. The van der Waals surface area contributed by atoms with E-state index in [4.69, 9.17) is 0 Å². The lowest BCUT2D eigenvalue weighted by Crippen LogP contribution is -2.58. The van der Waals surface area contributed by atoms with Gasteiger partial charge in [-0.2, -0.15) is 0 Å². The van der Waals surface area contributed by atoms with Gasteiger partial charge in [0, 0.05) is 5.92 Å². The van der Waals surface area contributed by atoms with E-state index in [1.165, 1.54) is 0 Å². The van der Waals surface area contributed by atoms with E-state index >= 15 is 0 Å². The van der Waals surface area contributed by atoms with Crippen molar-refractivity contribution in [3.05, 3.63) is 0 Å². The highest BCUT2D eigenvalue weighted by atomic mass is 16.3. The van der Waals surface area contributed by atoms with Gasteiger partial charge in [-0.15, -0.1) is 0 Å². The van der Waals surface area contributed by atoms with Gasteiger partial charge in [0.15, 0.2) is 5.78 Å². The van der Waals surface area contributed by atoms with Gasteiger partial charge in [-0.05, 0) is 85.9 Å². The van der Waals surface area contributed by atoms with Crippen LogP contribution in [0.15, 0.2) is 0 Å². The number of hydrogen-bond acceptors (Lipinski definition) is 4. The third kappa shape index (κ3) is 2.47. The van der Waals surface area contributed by atoms with Crippen LogP contribution < -0.4 is 0 Å². The molecule has 0 amide bonds. The zero-order valence-corrected chi connectivity index (χ0v) is 15.7. The van der Waals surface area contributed by atoms with Crippen LogP contribution in [0.5, 0.6) is 0 Å². The first-order valence-corrected chi connectivity index (χ1v) is 10.3. The number of fused-ring (bicyclic) bond motifs is 5. The van der Waals surface area contributed by atoms with Crippen LogP contribution >= 0.6 is 0 Å². The molecule has 0 aromatic carbocycles. The van der Waals surface area contributed by atoms with Gasteiger partial charge in [0.05, 0.1) is 12.2 Å². The van der Waals surface area contributed by atoms with Gasteiger partial charge in [-0.25, -0.2) is 0 Å². The molecule has 4 saturated carbocycles. The summed E-state index contributed by atoms with van der Waals surface area (Å²) in [5, 5.41) is 30.4. The average molecular weight is 350 g/mol. The minimum absolute atomic E-state index is 0.000648. The highest BCUT2D eigenvalue weighted by Crippen LogP contribution is 2.67. The van der Waals surface area contributed by atoms with E-state index in [2.05, 4.69) is 13.8 Å². The number of ketones is 1. The van der Waals surface area contributed by atoms with E-state index in [0.29, 0.717) is 17.8 Å². The van der Waals surface area contributed by atoms with Crippen molar-refractivity contribution in [3.63, 3.8) is 0 Å². The molecule has 142 valence electrons. The van der Waals surface area contributed by atoms with Gasteiger partial charge in [0.25, 0.3) is 0 Å². The predicted octanol–water partition coefficient (Wildman–Crippen LogP) is 2.54. The van der Waals surface area contributed by atoms with Crippen LogP contribution in [-0.4, -0.2) is 39.9 Å². The largest absolute Gasteiger partial charge is 0.393 e. The average Bonchev–Trinajstić information content (AvgIpc) is 2.93. The van der Waals surface area contributed by atoms with Gasteiger partial charge < -0.3 is 15.3 Å². The summed E-state index contributed by atoms with van der Waals surface area (Å²) in [4.78, 5) is 12.3. The van der Waals surface area contributed by atoms with Crippen molar-refractivity contribution < 1.29 is 20.1 Å². The standard InChI is InChI=1S/C21H34O4/c1-20-8-6-15-13(14(20)3-4-16(20)19(25)11-22)10-18(24)17-9-12(23)5-7-21(15,17)2/h12-18,22-24H,3-11H2,1-2H3/t12-,13+,14+,15+,16-,17-,18+,20+,21-/m1/s1. The van der Waals surface area contributed by atoms with Gasteiger partial charge in [-0.3, -0.25) is 4.79 Å². The maximum absolute atomic E-state index is 12.3. The van der Waals surface area contributed by atoms with Crippen LogP contribution in [0.4, 0.5) is 0 Å². The van der Waals surface area contributed by atoms with Crippen LogP contribution in [0, 0.1) is 40.4 Å². The summed E-state index contributed by atoms with van der Waals surface area (Å²) < 4.78 is 0. The second-order valence-corrected chi connectivity index (χ2v) is 10.0. The molecule has 4 aliphatic carbocycles. The smallest absolute Gasteiger partial charge is 0.161 e. The van der Waals surface area contributed by atoms with Crippen molar-refractivity contribution in [2.24, 2.45) is 40.4 Å². The van der Waals surface area contributed by atoms with E-state index < -0.39 is 0 Å². The fraction of sp³-hybridized carbons (Fsp3) is 0.952. The molecule has 4 aliphatic rings. The number of Topliss-reactive ketones (excluding diaryl/α,β-unsaturated/α-hetero) is 1. The molecule has 0 aromatic heterocycles. The zero-order chi connectivity index (χ0) is 18.0. The lowest BCUT2D eigenvalue weighted by molar-refractivity contribution is -0.172. The number of aliphatic hydroxyl groups excluding tert-OH is 3. The lowest BCUT2D eigenvalue weighted by Gasteiger charge is -2.62. The highest BCUT2D eigenvalue weighted by Gasteiger charge is 2.62. The molecule has 4 nitrogen and oxygen atoms in total. The van der Waals surface area contributed by atoms with E-state index in [1.807, 2.05) is 0 Å².